The number of methoxy groups -OCH3 is 1. The molecule has 3 aromatic rings. The van der Waals surface area contributed by atoms with Gasteiger partial charge < -0.3 is 25.4 Å². The van der Waals surface area contributed by atoms with E-state index in [1.54, 1.807) is 4.57 Å². The predicted octanol–water partition coefficient (Wildman–Crippen LogP) is 1.13. The maximum absolute atomic E-state index is 10.4. The number of nitrogens with zero attached hydrogens (tertiary/aromatic N) is 4. The second kappa shape index (κ2) is 7.64. The fourth-order valence-corrected chi connectivity index (χ4v) is 4.16. The number of ether oxygens (including phenoxy) is 2. The van der Waals surface area contributed by atoms with Crippen molar-refractivity contribution in [2.45, 2.75) is 41.5 Å². The Bertz CT molecular complexity index is 980. The highest BCUT2D eigenvalue weighted by molar-refractivity contribution is 7.99. The van der Waals surface area contributed by atoms with E-state index in [-0.39, 0.29) is 12.4 Å². The molecule has 0 unspecified atom stereocenters. The molecule has 9 nitrogen and oxygen atoms in total. The zero-order valence-electron chi connectivity index (χ0n) is 15.4. The van der Waals surface area contributed by atoms with Gasteiger partial charge in [-0.05, 0) is 19.1 Å². The Morgan fingerprint density at radius 2 is 2.04 bits per heavy atom. The SMILES string of the molecule is CO[C@@H]1[C@H](O)[C@@H](CO)O[C@H]1n1c(Sc2ccc(C)cc2)nc2c(N)ncnc21. The molecule has 1 aliphatic rings. The van der Waals surface area contributed by atoms with Crippen LogP contribution in [0.2, 0.25) is 0 Å². The lowest BCUT2D eigenvalue weighted by molar-refractivity contribution is -0.0623. The molecule has 0 radical (unpaired) electrons. The Morgan fingerprint density at radius 3 is 2.71 bits per heavy atom. The summed E-state index contributed by atoms with van der Waals surface area (Å²) < 4.78 is 13.1. The summed E-state index contributed by atoms with van der Waals surface area (Å²) >= 11 is 1.42. The van der Waals surface area contributed by atoms with Crippen molar-refractivity contribution in [3.8, 4) is 0 Å². The number of benzene rings is 1. The van der Waals surface area contributed by atoms with E-state index in [1.807, 2.05) is 31.2 Å². The van der Waals surface area contributed by atoms with Gasteiger partial charge in [-0.1, -0.05) is 29.5 Å². The molecule has 0 saturated carbocycles. The van der Waals surface area contributed by atoms with Crippen LogP contribution in [0.25, 0.3) is 11.2 Å². The molecular weight excluding hydrogens is 382 g/mol. The molecule has 0 aliphatic carbocycles. The topological polar surface area (TPSA) is 129 Å². The second-order valence-electron chi connectivity index (χ2n) is 6.55. The van der Waals surface area contributed by atoms with Crippen LogP contribution in [0.1, 0.15) is 11.8 Å². The van der Waals surface area contributed by atoms with Crippen LogP contribution in [0.4, 0.5) is 5.82 Å². The molecule has 1 aliphatic heterocycles. The molecule has 2 aromatic heterocycles. The van der Waals surface area contributed by atoms with Crippen LogP contribution in [-0.4, -0.2) is 61.8 Å². The summed E-state index contributed by atoms with van der Waals surface area (Å²) in [7, 11) is 1.49. The van der Waals surface area contributed by atoms with Crippen LogP contribution >= 0.6 is 11.8 Å². The van der Waals surface area contributed by atoms with E-state index in [2.05, 4.69) is 15.0 Å². The molecular formula is C18H21N5O4S. The molecule has 4 atom stereocenters. The zero-order chi connectivity index (χ0) is 19.8. The van der Waals surface area contributed by atoms with Gasteiger partial charge in [0.1, 0.15) is 24.6 Å². The molecule has 28 heavy (non-hydrogen) atoms. The number of hydrogen-bond donors (Lipinski definition) is 3. The van der Waals surface area contributed by atoms with Crippen molar-refractivity contribution in [1.82, 2.24) is 19.5 Å². The number of rotatable bonds is 5. The lowest BCUT2D eigenvalue weighted by atomic mass is 10.1. The van der Waals surface area contributed by atoms with Crippen LogP contribution in [0, 0.1) is 6.92 Å². The molecule has 1 fully saturated rings. The highest BCUT2D eigenvalue weighted by Gasteiger charge is 2.46. The largest absolute Gasteiger partial charge is 0.394 e. The lowest BCUT2D eigenvalue weighted by Crippen LogP contribution is -2.34. The number of nitrogens with two attached hydrogens (primary N) is 1. The molecule has 0 bridgehead atoms. The Hall–Kier alpha value is -2.24. The summed E-state index contributed by atoms with van der Waals surface area (Å²) in [6.45, 7) is 1.69. The highest BCUT2D eigenvalue weighted by atomic mass is 32.2. The molecule has 3 heterocycles. The molecule has 1 aromatic carbocycles. The third-order valence-corrected chi connectivity index (χ3v) is 5.70. The van der Waals surface area contributed by atoms with Gasteiger partial charge in [-0.15, -0.1) is 0 Å². The molecule has 0 spiro atoms. The number of fused-ring (bicyclic) bond motifs is 1. The molecule has 148 valence electrons. The van der Waals surface area contributed by atoms with Crippen LogP contribution in [0.15, 0.2) is 40.6 Å². The summed E-state index contributed by atoms with van der Waals surface area (Å²) in [5.74, 6) is 0.251. The Balaban J connectivity index is 1.83. The first-order valence-electron chi connectivity index (χ1n) is 8.73. The maximum Gasteiger partial charge on any atom is 0.177 e. The minimum atomic E-state index is -0.992. The smallest absolute Gasteiger partial charge is 0.177 e. The Kier molecular flexibility index (Phi) is 5.21. The fourth-order valence-electron chi connectivity index (χ4n) is 3.25. The number of hydrogen-bond acceptors (Lipinski definition) is 9. The van der Waals surface area contributed by atoms with Gasteiger partial charge in [0.25, 0.3) is 0 Å². The number of imidazole rings is 1. The Labute approximate surface area is 165 Å². The van der Waals surface area contributed by atoms with Crippen molar-refractivity contribution in [3.63, 3.8) is 0 Å². The van der Waals surface area contributed by atoms with E-state index >= 15 is 0 Å². The Morgan fingerprint density at radius 1 is 1.29 bits per heavy atom. The summed E-state index contributed by atoms with van der Waals surface area (Å²) in [6.07, 6.45) is -1.85. The van der Waals surface area contributed by atoms with Gasteiger partial charge in [-0.25, -0.2) is 15.0 Å². The summed E-state index contributed by atoms with van der Waals surface area (Å²) in [5, 5.41) is 20.6. The first kappa shape index (κ1) is 19.1. The van der Waals surface area contributed by atoms with Crippen LogP contribution < -0.4 is 5.73 Å². The third-order valence-electron chi connectivity index (χ3n) is 4.72. The van der Waals surface area contributed by atoms with Gasteiger partial charge in [0.2, 0.25) is 0 Å². The van der Waals surface area contributed by atoms with Crippen LogP contribution in [-0.2, 0) is 9.47 Å². The fraction of sp³-hybridized carbons (Fsp3) is 0.389. The van der Waals surface area contributed by atoms with Gasteiger partial charge in [-0.3, -0.25) is 4.57 Å². The molecule has 10 heteroatoms. The van der Waals surface area contributed by atoms with E-state index in [0.29, 0.717) is 16.3 Å². The average molecular weight is 403 g/mol. The molecule has 0 amide bonds. The zero-order valence-corrected chi connectivity index (χ0v) is 16.2. The lowest BCUT2D eigenvalue weighted by Gasteiger charge is -2.21. The van der Waals surface area contributed by atoms with Gasteiger partial charge in [0, 0.05) is 12.0 Å². The van der Waals surface area contributed by atoms with E-state index in [1.165, 1.54) is 25.2 Å². The van der Waals surface area contributed by atoms with Gasteiger partial charge >= 0.3 is 0 Å². The molecule has 4 N–H and O–H groups in total. The monoisotopic (exact) mass is 403 g/mol. The van der Waals surface area contributed by atoms with Gasteiger partial charge in [-0.2, -0.15) is 0 Å². The van der Waals surface area contributed by atoms with Crippen molar-refractivity contribution in [1.29, 1.82) is 0 Å². The van der Waals surface area contributed by atoms with E-state index in [9.17, 15) is 10.2 Å². The highest BCUT2D eigenvalue weighted by Crippen LogP contribution is 2.39. The van der Waals surface area contributed by atoms with Crippen LogP contribution in [0.5, 0.6) is 0 Å². The van der Waals surface area contributed by atoms with Crippen molar-refractivity contribution >= 4 is 28.7 Å². The van der Waals surface area contributed by atoms with Crippen molar-refractivity contribution < 1.29 is 19.7 Å². The molecule has 1 saturated heterocycles. The average Bonchev–Trinajstić information content (AvgIpc) is 3.21. The number of anilines is 1. The van der Waals surface area contributed by atoms with E-state index in [0.717, 1.165) is 10.5 Å². The number of aromatic nitrogens is 4. The number of aliphatic hydroxyl groups is 2. The number of aryl methyl sites for hydroxylation is 1. The predicted molar refractivity (Wildman–Crippen MR) is 103 cm³/mol. The molecule has 4 rings (SSSR count). The standard InChI is InChI=1S/C18H21N5O4S/c1-9-3-5-10(6-4-9)28-18-22-12-15(19)20-8-21-16(12)23(18)17-14(26-2)13(25)11(7-24)27-17/h3-6,8,11,13-14,17,24-25H,7H2,1-2H3,(H2,19,20,21)/t11-,13-,14-,17-/m1/s1. The third kappa shape index (κ3) is 3.23. The van der Waals surface area contributed by atoms with Crippen molar-refractivity contribution in [3.05, 3.63) is 36.2 Å². The van der Waals surface area contributed by atoms with E-state index < -0.39 is 24.5 Å². The minimum Gasteiger partial charge on any atom is -0.394 e. The van der Waals surface area contributed by atoms with Crippen LogP contribution in [0.3, 0.4) is 0 Å². The maximum atomic E-state index is 10.4. The minimum absolute atomic E-state index is 0.251. The number of aliphatic hydroxyl groups excluding tert-OH is 2. The first-order valence-corrected chi connectivity index (χ1v) is 9.55. The second-order valence-corrected chi connectivity index (χ2v) is 7.59. The van der Waals surface area contributed by atoms with Crippen molar-refractivity contribution in [2.24, 2.45) is 0 Å². The normalized spacial score (nSPS) is 24.9. The summed E-state index contributed by atoms with van der Waals surface area (Å²) in [5.41, 5.74) is 8.07. The number of nitrogen functional groups attached to an aromatic ring is 1. The van der Waals surface area contributed by atoms with Gasteiger partial charge in [0.15, 0.2) is 28.4 Å². The van der Waals surface area contributed by atoms with E-state index in [4.69, 9.17) is 15.2 Å². The first-order chi connectivity index (χ1) is 13.5. The van der Waals surface area contributed by atoms with Crippen molar-refractivity contribution in [2.75, 3.05) is 19.5 Å². The quantitative estimate of drug-likeness (QED) is 0.574. The van der Waals surface area contributed by atoms with Gasteiger partial charge in [0.05, 0.1) is 6.61 Å². The summed E-state index contributed by atoms with van der Waals surface area (Å²) in [4.78, 5) is 13.9. The summed E-state index contributed by atoms with van der Waals surface area (Å²) in [6, 6.07) is 8.01.